The van der Waals surface area contributed by atoms with E-state index >= 15 is 0 Å². The van der Waals surface area contributed by atoms with Crippen molar-refractivity contribution in [1.82, 2.24) is 10.6 Å². The van der Waals surface area contributed by atoms with Gasteiger partial charge in [0, 0.05) is 10.9 Å². The second-order valence-corrected chi connectivity index (χ2v) is 6.85. The fourth-order valence-corrected chi connectivity index (χ4v) is 3.04. The lowest BCUT2D eigenvalue weighted by Crippen LogP contribution is -2.42. The van der Waals surface area contributed by atoms with Crippen LogP contribution in [0.15, 0.2) is 18.2 Å². The maximum absolute atomic E-state index is 12.0. The van der Waals surface area contributed by atoms with Crippen molar-refractivity contribution in [2.24, 2.45) is 5.92 Å². The molecular weight excluding hydrogens is 365 g/mol. The first-order chi connectivity index (χ1) is 12.0. The Morgan fingerprint density at radius 3 is 2.36 bits per heavy atom. The highest BCUT2D eigenvalue weighted by atomic mass is 35.5. The van der Waals surface area contributed by atoms with Crippen molar-refractivity contribution >= 4 is 46.6 Å². The summed E-state index contributed by atoms with van der Waals surface area (Å²) < 4.78 is 0. The standard InChI is InChI=1S/C17H21Cl2N3O3/c18-12-6-7-13(19)14(8-12)22-16(24)10-20-15(23)9-21-17(25)11-4-2-1-3-5-11/h6-8,11H,1-5,9-10H2,(H,20,23)(H,21,25)(H,22,24). The fourth-order valence-electron chi connectivity index (χ4n) is 2.71. The zero-order valence-electron chi connectivity index (χ0n) is 13.7. The quantitative estimate of drug-likeness (QED) is 0.703. The predicted molar refractivity (Wildman–Crippen MR) is 97.7 cm³/mol. The summed E-state index contributed by atoms with van der Waals surface area (Å²) in [6, 6.07) is 4.70. The Labute approximate surface area is 156 Å². The molecule has 1 aromatic rings. The molecule has 1 aliphatic rings. The van der Waals surface area contributed by atoms with Crippen molar-refractivity contribution in [1.29, 1.82) is 0 Å². The van der Waals surface area contributed by atoms with E-state index in [4.69, 9.17) is 23.2 Å². The van der Waals surface area contributed by atoms with Crippen LogP contribution < -0.4 is 16.0 Å². The van der Waals surface area contributed by atoms with Gasteiger partial charge in [0.1, 0.15) is 0 Å². The first kappa shape index (κ1) is 19.5. The minimum absolute atomic E-state index is 0.00480. The van der Waals surface area contributed by atoms with E-state index in [1.54, 1.807) is 12.1 Å². The van der Waals surface area contributed by atoms with Crippen LogP contribution in [0.4, 0.5) is 5.69 Å². The fraction of sp³-hybridized carbons (Fsp3) is 0.471. The molecule has 0 atom stereocenters. The summed E-state index contributed by atoms with van der Waals surface area (Å²) >= 11 is 11.8. The Morgan fingerprint density at radius 2 is 1.64 bits per heavy atom. The molecule has 136 valence electrons. The first-order valence-corrected chi connectivity index (χ1v) is 9.00. The molecule has 0 aromatic heterocycles. The van der Waals surface area contributed by atoms with E-state index in [0.717, 1.165) is 32.1 Å². The van der Waals surface area contributed by atoms with Crippen LogP contribution in [0.1, 0.15) is 32.1 Å². The Hall–Kier alpha value is -1.79. The van der Waals surface area contributed by atoms with E-state index in [1.807, 2.05) is 0 Å². The van der Waals surface area contributed by atoms with Crippen LogP contribution in [0, 0.1) is 5.92 Å². The topological polar surface area (TPSA) is 87.3 Å². The molecule has 0 aliphatic heterocycles. The highest BCUT2D eigenvalue weighted by Crippen LogP contribution is 2.25. The summed E-state index contributed by atoms with van der Waals surface area (Å²) in [5, 5.41) is 8.43. The van der Waals surface area contributed by atoms with Crippen LogP contribution in [0.25, 0.3) is 0 Å². The van der Waals surface area contributed by atoms with Gasteiger partial charge in [-0.15, -0.1) is 0 Å². The summed E-state index contributed by atoms with van der Waals surface area (Å²) in [4.78, 5) is 35.6. The van der Waals surface area contributed by atoms with Crippen molar-refractivity contribution in [3.63, 3.8) is 0 Å². The molecule has 3 amide bonds. The van der Waals surface area contributed by atoms with Crippen LogP contribution in [-0.2, 0) is 14.4 Å². The summed E-state index contributed by atoms with van der Waals surface area (Å²) in [7, 11) is 0. The highest BCUT2D eigenvalue weighted by Gasteiger charge is 2.21. The smallest absolute Gasteiger partial charge is 0.243 e. The van der Waals surface area contributed by atoms with E-state index in [9.17, 15) is 14.4 Å². The highest BCUT2D eigenvalue weighted by molar-refractivity contribution is 6.35. The van der Waals surface area contributed by atoms with Gasteiger partial charge < -0.3 is 16.0 Å². The minimum Gasteiger partial charge on any atom is -0.347 e. The predicted octanol–water partition coefficient (Wildman–Crippen LogP) is 2.74. The lowest BCUT2D eigenvalue weighted by Gasteiger charge is -2.20. The number of halogens is 2. The van der Waals surface area contributed by atoms with Gasteiger partial charge in [0.25, 0.3) is 0 Å². The first-order valence-electron chi connectivity index (χ1n) is 8.25. The number of hydrogen-bond acceptors (Lipinski definition) is 3. The van der Waals surface area contributed by atoms with Gasteiger partial charge in [-0.3, -0.25) is 14.4 Å². The number of carbonyl (C=O) groups is 3. The SMILES string of the molecule is O=C(CNC(=O)C1CCCCC1)NCC(=O)Nc1cc(Cl)ccc1Cl. The van der Waals surface area contributed by atoms with Gasteiger partial charge in [0.15, 0.2) is 0 Å². The number of nitrogens with one attached hydrogen (secondary N) is 3. The summed E-state index contributed by atoms with van der Waals surface area (Å²) in [6.07, 6.45) is 5.01. The van der Waals surface area contributed by atoms with E-state index in [-0.39, 0.29) is 24.9 Å². The van der Waals surface area contributed by atoms with Crippen LogP contribution in [0.5, 0.6) is 0 Å². The molecule has 0 saturated heterocycles. The molecular formula is C17H21Cl2N3O3. The van der Waals surface area contributed by atoms with Crippen molar-refractivity contribution in [2.75, 3.05) is 18.4 Å². The molecule has 1 aromatic carbocycles. The molecule has 6 nitrogen and oxygen atoms in total. The molecule has 1 aliphatic carbocycles. The Morgan fingerprint density at radius 1 is 0.960 bits per heavy atom. The molecule has 0 heterocycles. The Bertz CT molecular complexity index is 646. The Balaban J connectivity index is 1.69. The number of benzene rings is 1. The molecule has 0 radical (unpaired) electrons. The van der Waals surface area contributed by atoms with Gasteiger partial charge in [-0.1, -0.05) is 42.5 Å². The molecule has 1 saturated carbocycles. The van der Waals surface area contributed by atoms with Gasteiger partial charge in [-0.25, -0.2) is 0 Å². The van der Waals surface area contributed by atoms with Gasteiger partial charge in [-0.05, 0) is 31.0 Å². The maximum Gasteiger partial charge on any atom is 0.243 e. The molecule has 0 spiro atoms. The van der Waals surface area contributed by atoms with Gasteiger partial charge in [-0.2, -0.15) is 0 Å². The second-order valence-electron chi connectivity index (χ2n) is 6.00. The molecule has 0 unspecified atom stereocenters. The van der Waals surface area contributed by atoms with Crippen molar-refractivity contribution < 1.29 is 14.4 Å². The van der Waals surface area contributed by atoms with Crippen molar-refractivity contribution in [2.45, 2.75) is 32.1 Å². The zero-order chi connectivity index (χ0) is 18.2. The van der Waals surface area contributed by atoms with Gasteiger partial charge >= 0.3 is 0 Å². The summed E-state index contributed by atoms with van der Waals surface area (Å²) in [5.74, 6) is -0.951. The van der Waals surface area contributed by atoms with E-state index in [1.165, 1.54) is 6.07 Å². The number of rotatable bonds is 6. The zero-order valence-corrected chi connectivity index (χ0v) is 15.3. The van der Waals surface area contributed by atoms with Gasteiger partial charge in [0.2, 0.25) is 17.7 Å². The van der Waals surface area contributed by atoms with E-state index < -0.39 is 11.8 Å². The average Bonchev–Trinajstić information content (AvgIpc) is 2.61. The third kappa shape index (κ3) is 6.55. The number of hydrogen-bond donors (Lipinski definition) is 3. The summed E-state index contributed by atoms with van der Waals surface area (Å²) in [5.41, 5.74) is 0.374. The van der Waals surface area contributed by atoms with Crippen LogP contribution >= 0.6 is 23.2 Å². The lowest BCUT2D eigenvalue weighted by atomic mass is 9.89. The maximum atomic E-state index is 12.0. The molecule has 1 fully saturated rings. The number of anilines is 1. The van der Waals surface area contributed by atoms with Gasteiger partial charge in [0.05, 0.1) is 23.8 Å². The third-order valence-corrected chi connectivity index (χ3v) is 4.61. The Kier molecular flexibility index (Phi) is 7.52. The normalized spacial score (nSPS) is 14.6. The molecule has 25 heavy (non-hydrogen) atoms. The minimum atomic E-state index is -0.434. The lowest BCUT2D eigenvalue weighted by molar-refractivity contribution is -0.129. The monoisotopic (exact) mass is 385 g/mol. The number of carbonyl (C=O) groups excluding carboxylic acids is 3. The van der Waals surface area contributed by atoms with E-state index in [2.05, 4.69) is 16.0 Å². The molecule has 8 heteroatoms. The molecule has 3 N–H and O–H groups in total. The second kappa shape index (κ2) is 9.63. The van der Waals surface area contributed by atoms with Crippen LogP contribution in [0.2, 0.25) is 10.0 Å². The molecule has 0 bridgehead atoms. The largest absolute Gasteiger partial charge is 0.347 e. The van der Waals surface area contributed by atoms with Crippen LogP contribution in [-0.4, -0.2) is 30.8 Å². The summed E-state index contributed by atoms with van der Waals surface area (Å²) in [6.45, 7) is -0.360. The molecule has 2 rings (SSSR count). The number of amides is 3. The van der Waals surface area contributed by atoms with E-state index in [0.29, 0.717) is 15.7 Å². The van der Waals surface area contributed by atoms with Crippen LogP contribution in [0.3, 0.4) is 0 Å². The average molecular weight is 386 g/mol. The van der Waals surface area contributed by atoms with Crippen molar-refractivity contribution in [3.8, 4) is 0 Å². The third-order valence-electron chi connectivity index (χ3n) is 4.05. The van der Waals surface area contributed by atoms with Crippen molar-refractivity contribution in [3.05, 3.63) is 28.2 Å².